The van der Waals surface area contributed by atoms with Gasteiger partial charge in [0.25, 0.3) is 0 Å². The second-order valence-corrected chi connectivity index (χ2v) is 10.5. The van der Waals surface area contributed by atoms with Crippen LogP contribution in [0.1, 0.15) is 27.8 Å². The van der Waals surface area contributed by atoms with Gasteiger partial charge in [-0.3, -0.25) is 4.79 Å². The SMILES string of the molecule is Cc1cc(OCc2ccccc2)c2c(=O)c(C)c(-c3ccc(OCc4ccccc4)c(OCc4ccccc4)c3)oc2c1. The van der Waals surface area contributed by atoms with E-state index in [4.69, 9.17) is 18.6 Å². The lowest BCUT2D eigenvalue weighted by Crippen LogP contribution is -2.10. The minimum atomic E-state index is -0.129. The lowest BCUT2D eigenvalue weighted by molar-refractivity contribution is 0.256. The summed E-state index contributed by atoms with van der Waals surface area (Å²) in [7, 11) is 0. The van der Waals surface area contributed by atoms with Crippen LogP contribution in [-0.2, 0) is 19.8 Å². The van der Waals surface area contributed by atoms with Gasteiger partial charge < -0.3 is 18.6 Å². The Labute approximate surface area is 250 Å². The van der Waals surface area contributed by atoms with Crippen LogP contribution in [0, 0.1) is 13.8 Å². The lowest BCUT2D eigenvalue weighted by Gasteiger charge is -2.16. The highest BCUT2D eigenvalue weighted by Crippen LogP contribution is 2.37. The van der Waals surface area contributed by atoms with Crippen molar-refractivity contribution in [2.24, 2.45) is 0 Å². The smallest absolute Gasteiger partial charge is 0.199 e. The number of ether oxygens (including phenoxy) is 3. The second kappa shape index (κ2) is 12.7. The molecule has 6 rings (SSSR count). The number of aryl methyl sites for hydroxylation is 1. The summed E-state index contributed by atoms with van der Waals surface area (Å²) >= 11 is 0. The van der Waals surface area contributed by atoms with E-state index in [2.05, 4.69) is 0 Å². The standard InChI is InChI=1S/C38H32O5/c1-26-20-34(42-25-30-16-10-5-11-17-30)36-35(21-26)43-38(27(2)37(36)39)31-18-19-32(40-23-28-12-6-3-7-13-28)33(22-31)41-24-29-14-8-4-9-15-29/h3-22H,23-25H2,1-2H3. The van der Waals surface area contributed by atoms with Crippen molar-refractivity contribution in [1.29, 1.82) is 0 Å². The first-order valence-electron chi connectivity index (χ1n) is 14.3. The van der Waals surface area contributed by atoms with Gasteiger partial charge in [-0.2, -0.15) is 0 Å². The molecule has 5 nitrogen and oxygen atoms in total. The van der Waals surface area contributed by atoms with Gasteiger partial charge in [-0.25, -0.2) is 0 Å². The predicted octanol–water partition coefficient (Wildman–Crippen LogP) is 8.81. The maximum absolute atomic E-state index is 13.8. The van der Waals surface area contributed by atoms with E-state index in [9.17, 15) is 4.79 Å². The summed E-state index contributed by atoms with van der Waals surface area (Å²) in [5.41, 5.74) is 5.61. The zero-order valence-corrected chi connectivity index (χ0v) is 24.2. The van der Waals surface area contributed by atoms with Crippen LogP contribution in [0.5, 0.6) is 17.2 Å². The van der Waals surface area contributed by atoms with Crippen LogP contribution in [0.25, 0.3) is 22.3 Å². The van der Waals surface area contributed by atoms with Gasteiger partial charge in [0, 0.05) is 11.1 Å². The molecule has 5 aromatic carbocycles. The van der Waals surface area contributed by atoms with Crippen LogP contribution in [0.15, 0.2) is 131 Å². The average molecular weight is 569 g/mol. The molecular weight excluding hydrogens is 536 g/mol. The van der Waals surface area contributed by atoms with Crippen molar-refractivity contribution in [2.45, 2.75) is 33.7 Å². The van der Waals surface area contributed by atoms with Gasteiger partial charge in [0.1, 0.15) is 42.3 Å². The third kappa shape index (κ3) is 6.47. The summed E-state index contributed by atoms with van der Waals surface area (Å²) in [4.78, 5) is 13.8. The second-order valence-electron chi connectivity index (χ2n) is 10.5. The number of rotatable bonds is 10. The molecule has 0 unspecified atom stereocenters. The van der Waals surface area contributed by atoms with Crippen molar-refractivity contribution in [3.63, 3.8) is 0 Å². The Balaban J connectivity index is 1.36. The molecule has 0 bridgehead atoms. The molecule has 1 aromatic heterocycles. The number of hydrogen-bond donors (Lipinski definition) is 0. The minimum absolute atomic E-state index is 0.129. The summed E-state index contributed by atoms with van der Waals surface area (Å²) in [6, 6.07) is 39.2. The number of hydrogen-bond acceptors (Lipinski definition) is 5. The van der Waals surface area contributed by atoms with Gasteiger partial charge in [0.05, 0.1) is 0 Å². The van der Waals surface area contributed by atoms with E-state index in [1.54, 1.807) is 6.92 Å². The summed E-state index contributed by atoms with van der Waals surface area (Å²) in [5.74, 6) is 2.17. The van der Waals surface area contributed by atoms with Crippen LogP contribution >= 0.6 is 0 Å². The van der Waals surface area contributed by atoms with Crippen molar-refractivity contribution in [3.8, 4) is 28.6 Å². The molecule has 0 aliphatic rings. The molecule has 214 valence electrons. The molecule has 0 fully saturated rings. The van der Waals surface area contributed by atoms with Crippen molar-refractivity contribution in [3.05, 3.63) is 159 Å². The first-order chi connectivity index (χ1) is 21.0. The molecule has 5 heteroatoms. The fourth-order valence-corrected chi connectivity index (χ4v) is 4.98. The Bertz CT molecular complexity index is 1900. The predicted molar refractivity (Wildman–Crippen MR) is 170 cm³/mol. The third-order valence-corrected chi connectivity index (χ3v) is 7.25. The van der Waals surface area contributed by atoms with Gasteiger partial charge in [-0.15, -0.1) is 0 Å². The quantitative estimate of drug-likeness (QED) is 0.165. The van der Waals surface area contributed by atoms with Crippen molar-refractivity contribution >= 4 is 11.0 Å². The van der Waals surface area contributed by atoms with Gasteiger partial charge in [-0.1, -0.05) is 91.0 Å². The van der Waals surface area contributed by atoms with E-state index in [0.717, 1.165) is 27.8 Å². The monoisotopic (exact) mass is 568 g/mol. The Morgan fingerprint density at radius 3 is 1.63 bits per heavy atom. The Hall–Kier alpha value is -5.29. The van der Waals surface area contributed by atoms with Crippen molar-refractivity contribution in [2.75, 3.05) is 0 Å². The molecule has 0 aliphatic heterocycles. The molecule has 43 heavy (non-hydrogen) atoms. The lowest BCUT2D eigenvalue weighted by atomic mass is 10.0. The van der Waals surface area contributed by atoms with Crippen LogP contribution in [-0.4, -0.2) is 0 Å². The Kier molecular flexibility index (Phi) is 8.23. The van der Waals surface area contributed by atoms with E-state index >= 15 is 0 Å². The largest absolute Gasteiger partial charge is 0.488 e. The molecule has 0 atom stereocenters. The average Bonchev–Trinajstić information content (AvgIpc) is 3.05. The molecule has 6 aromatic rings. The number of benzene rings is 5. The third-order valence-electron chi connectivity index (χ3n) is 7.25. The highest BCUT2D eigenvalue weighted by Gasteiger charge is 2.19. The molecule has 1 heterocycles. The zero-order chi connectivity index (χ0) is 29.6. The fourth-order valence-electron chi connectivity index (χ4n) is 4.98. The van der Waals surface area contributed by atoms with Crippen molar-refractivity contribution < 1.29 is 18.6 Å². The van der Waals surface area contributed by atoms with Crippen LogP contribution < -0.4 is 19.6 Å². The van der Waals surface area contributed by atoms with E-state index in [-0.39, 0.29) is 5.43 Å². The summed E-state index contributed by atoms with van der Waals surface area (Å²) in [5, 5.41) is 0.436. The highest BCUT2D eigenvalue weighted by atomic mass is 16.5. The van der Waals surface area contributed by atoms with E-state index in [1.165, 1.54) is 0 Å². The zero-order valence-electron chi connectivity index (χ0n) is 24.2. The van der Waals surface area contributed by atoms with Crippen LogP contribution in [0.4, 0.5) is 0 Å². The van der Waals surface area contributed by atoms with Crippen LogP contribution in [0.2, 0.25) is 0 Å². The van der Waals surface area contributed by atoms with Gasteiger partial charge >= 0.3 is 0 Å². The fraction of sp³-hybridized carbons (Fsp3) is 0.132. The molecule has 0 saturated carbocycles. The maximum atomic E-state index is 13.8. The molecule has 0 spiro atoms. The molecular formula is C38H32O5. The van der Waals surface area contributed by atoms with E-state index in [0.29, 0.717) is 59.4 Å². The first-order valence-corrected chi connectivity index (χ1v) is 14.3. The van der Waals surface area contributed by atoms with Gasteiger partial charge in [-0.05, 0) is 66.4 Å². The number of fused-ring (bicyclic) bond motifs is 1. The summed E-state index contributed by atoms with van der Waals surface area (Å²) in [6.45, 7) is 4.87. The normalized spacial score (nSPS) is 10.9. The van der Waals surface area contributed by atoms with Crippen molar-refractivity contribution in [1.82, 2.24) is 0 Å². The maximum Gasteiger partial charge on any atom is 0.199 e. The highest BCUT2D eigenvalue weighted by molar-refractivity contribution is 5.87. The van der Waals surface area contributed by atoms with Crippen LogP contribution in [0.3, 0.4) is 0 Å². The molecule has 0 N–H and O–H groups in total. The molecule has 0 amide bonds. The molecule has 0 radical (unpaired) electrons. The van der Waals surface area contributed by atoms with Gasteiger partial charge in [0.15, 0.2) is 16.9 Å². The summed E-state index contributed by atoms with van der Waals surface area (Å²) < 4.78 is 25.1. The summed E-state index contributed by atoms with van der Waals surface area (Å²) in [6.07, 6.45) is 0. The Morgan fingerprint density at radius 2 is 1.07 bits per heavy atom. The van der Waals surface area contributed by atoms with E-state index in [1.807, 2.05) is 128 Å². The Morgan fingerprint density at radius 1 is 0.558 bits per heavy atom. The van der Waals surface area contributed by atoms with Gasteiger partial charge in [0.2, 0.25) is 0 Å². The minimum Gasteiger partial charge on any atom is -0.488 e. The topological polar surface area (TPSA) is 57.9 Å². The molecule has 0 saturated heterocycles. The first kappa shape index (κ1) is 27.9. The molecule has 0 aliphatic carbocycles. The van der Waals surface area contributed by atoms with E-state index < -0.39 is 0 Å².